The van der Waals surface area contributed by atoms with Gasteiger partial charge in [0.25, 0.3) is 5.56 Å². The monoisotopic (exact) mass is 376 g/mol. The van der Waals surface area contributed by atoms with Gasteiger partial charge in [-0.25, -0.2) is 4.68 Å². The van der Waals surface area contributed by atoms with Crippen molar-refractivity contribution < 1.29 is 0 Å². The summed E-state index contributed by atoms with van der Waals surface area (Å²) in [6.45, 7) is 5.67. The number of aromatic nitrogens is 2. The van der Waals surface area contributed by atoms with Gasteiger partial charge in [0, 0.05) is 12.6 Å². The van der Waals surface area contributed by atoms with Crippen LogP contribution in [-0.2, 0) is 6.54 Å². The van der Waals surface area contributed by atoms with E-state index in [1.807, 2.05) is 30.8 Å². The summed E-state index contributed by atoms with van der Waals surface area (Å²) in [5.41, 5.74) is 0.687. The van der Waals surface area contributed by atoms with E-state index in [1.165, 1.54) is 4.68 Å². The molecule has 120 valence electrons. The third-order valence-electron chi connectivity index (χ3n) is 3.05. The maximum atomic E-state index is 12.2. The summed E-state index contributed by atoms with van der Waals surface area (Å²) in [5, 5.41) is 7.60. The highest BCUT2D eigenvalue weighted by Gasteiger charge is 2.11. The van der Waals surface area contributed by atoms with Gasteiger partial charge in [0.2, 0.25) is 0 Å². The summed E-state index contributed by atoms with van der Waals surface area (Å²) >= 11 is 5.32. The molecule has 0 aliphatic carbocycles. The van der Waals surface area contributed by atoms with Crippen LogP contribution in [0.2, 0.25) is 0 Å². The summed E-state index contributed by atoms with van der Waals surface area (Å²) in [6, 6.07) is 0.319. The summed E-state index contributed by atoms with van der Waals surface area (Å²) in [6.07, 6.45) is 2.79. The summed E-state index contributed by atoms with van der Waals surface area (Å²) < 4.78 is 2.05. The van der Waals surface area contributed by atoms with Crippen molar-refractivity contribution in [2.75, 3.05) is 37.5 Å². The lowest BCUT2D eigenvalue weighted by atomic mass is 10.2. The SMILES string of the molecule is CCSCCC(C)Nc1cnn(CCN(C)C)c(=O)c1Br. The van der Waals surface area contributed by atoms with E-state index in [0.717, 1.165) is 30.2 Å². The lowest BCUT2D eigenvalue weighted by Crippen LogP contribution is -2.30. The maximum absolute atomic E-state index is 12.2. The molecule has 0 spiro atoms. The van der Waals surface area contributed by atoms with Crippen LogP contribution in [0.3, 0.4) is 0 Å². The lowest BCUT2D eigenvalue weighted by Gasteiger charge is -2.17. The molecule has 0 fully saturated rings. The van der Waals surface area contributed by atoms with Crippen molar-refractivity contribution in [1.29, 1.82) is 0 Å². The van der Waals surface area contributed by atoms with Crippen LogP contribution in [0.1, 0.15) is 20.3 Å². The van der Waals surface area contributed by atoms with E-state index < -0.39 is 0 Å². The number of hydrogen-bond acceptors (Lipinski definition) is 5. The van der Waals surface area contributed by atoms with Crippen LogP contribution in [0.5, 0.6) is 0 Å². The molecule has 0 bridgehead atoms. The van der Waals surface area contributed by atoms with Gasteiger partial charge in [-0.2, -0.15) is 16.9 Å². The molecule has 1 N–H and O–H groups in total. The van der Waals surface area contributed by atoms with Crippen molar-refractivity contribution in [2.24, 2.45) is 0 Å². The number of rotatable bonds is 9. The fourth-order valence-electron chi connectivity index (χ4n) is 1.76. The van der Waals surface area contributed by atoms with Gasteiger partial charge < -0.3 is 10.2 Å². The smallest absolute Gasteiger partial charge is 0.283 e. The molecule has 1 heterocycles. The Balaban J connectivity index is 2.68. The zero-order valence-electron chi connectivity index (χ0n) is 13.2. The second kappa shape index (κ2) is 9.48. The van der Waals surface area contributed by atoms with Crippen LogP contribution in [0.15, 0.2) is 15.5 Å². The topological polar surface area (TPSA) is 50.2 Å². The first kappa shape index (κ1) is 18.5. The van der Waals surface area contributed by atoms with Crippen LogP contribution in [-0.4, -0.2) is 52.9 Å². The molecular formula is C14H25BrN4OS. The minimum absolute atomic E-state index is 0.0861. The van der Waals surface area contributed by atoms with Crippen molar-refractivity contribution in [2.45, 2.75) is 32.9 Å². The van der Waals surface area contributed by atoms with Gasteiger partial charge >= 0.3 is 0 Å². The number of thioether (sulfide) groups is 1. The second-order valence-electron chi connectivity index (χ2n) is 5.23. The van der Waals surface area contributed by atoms with Crippen LogP contribution >= 0.6 is 27.7 Å². The van der Waals surface area contributed by atoms with Gasteiger partial charge in [0.1, 0.15) is 4.47 Å². The minimum atomic E-state index is -0.0861. The standard InChI is InChI=1S/C14H25BrN4OS/c1-5-21-9-6-11(2)17-12-10-16-19(8-7-18(3)4)14(20)13(12)15/h10-11,17H,5-9H2,1-4H3. The zero-order valence-corrected chi connectivity index (χ0v) is 15.6. The Morgan fingerprint density at radius 1 is 1.52 bits per heavy atom. The Kier molecular flexibility index (Phi) is 8.36. The molecule has 0 aliphatic heterocycles. The zero-order chi connectivity index (χ0) is 15.8. The maximum Gasteiger partial charge on any atom is 0.283 e. The first-order valence-corrected chi connectivity index (χ1v) is 9.15. The van der Waals surface area contributed by atoms with Crippen molar-refractivity contribution in [3.63, 3.8) is 0 Å². The molecule has 1 aromatic rings. The number of nitrogens with one attached hydrogen (secondary N) is 1. The average Bonchev–Trinajstić information content (AvgIpc) is 2.43. The molecule has 0 aliphatic rings. The highest BCUT2D eigenvalue weighted by Crippen LogP contribution is 2.18. The molecule has 1 rings (SSSR count). The highest BCUT2D eigenvalue weighted by molar-refractivity contribution is 9.10. The van der Waals surface area contributed by atoms with Crippen LogP contribution in [0.4, 0.5) is 5.69 Å². The molecule has 1 atom stereocenters. The third-order valence-corrected chi connectivity index (χ3v) is 4.74. The van der Waals surface area contributed by atoms with Crippen molar-refractivity contribution >= 4 is 33.4 Å². The first-order valence-electron chi connectivity index (χ1n) is 7.20. The van der Waals surface area contributed by atoms with E-state index in [2.05, 4.69) is 40.2 Å². The lowest BCUT2D eigenvalue weighted by molar-refractivity contribution is 0.367. The van der Waals surface area contributed by atoms with E-state index in [1.54, 1.807) is 6.20 Å². The Hall–Kier alpha value is -0.530. The summed E-state index contributed by atoms with van der Waals surface area (Å²) in [7, 11) is 3.96. The Morgan fingerprint density at radius 3 is 2.86 bits per heavy atom. The largest absolute Gasteiger partial charge is 0.380 e. The predicted molar refractivity (Wildman–Crippen MR) is 95.5 cm³/mol. The third kappa shape index (κ3) is 6.40. The Morgan fingerprint density at radius 2 is 2.24 bits per heavy atom. The van der Waals surface area contributed by atoms with Crippen LogP contribution in [0, 0.1) is 0 Å². The van der Waals surface area contributed by atoms with E-state index in [9.17, 15) is 4.79 Å². The van der Waals surface area contributed by atoms with Crippen molar-refractivity contribution in [3.8, 4) is 0 Å². The van der Waals surface area contributed by atoms with Gasteiger partial charge in [0.05, 0.1) is 18.4 Å². The fraction of sp³-hybridized carbons (Fsp3) is 0.714. The molecule has 0 saturated heterocycles. The molecule has 5 nitrogen and oxygen atoms in total. The minimum Gasteiger partial charge on any atom is -0.380 e. The van der Waals surface area contributed by atoms with E-state index in [-0.39, 0.29) is 5.56 Å². The highest BCUT2D eigenvalue weighted by atomic mass is 79.9. The molecule has 0 amide bonds. The van der Waals surface area contributed by atoms with Gasteiger partial charge in [-0.3, -0.25) is 4.79 Å². The molecule has 7 heteroatoms. The number of likely N-dealkylation sites (N-methyl/N-ethyl adjacent to an activating group) is 1. The molecule has 21 heavy (non-hydrogen) atoms. The van der Waals surface area contributed by atoms with Crippen LogP contribution < -0.4 is 10.9 Å². The van der Waals surface area contributed by atoms with Gasteiger partial charge in [-0.15, -0.1) is 0 Å². The Bertz CT molecular complexity index is 492. The predicted octanol–water partition coefficient (Wildman–Crippen LogP) is 2.51. The second-order valence-corrected chi connectivity index (χ2v) is 7.42. The molecule has 0 aromatic carbocycles. The molecule has 1 unspecified atom stereocenters. The Labute approximate surface area is 139 Å². The van der Waals surface area contributed by atoms with E-state index in [0.29, 0.717) is 17.1 Å². The normalized spacial score (nSPS) is 12.7. The van der Waals surface area contributed by atoms with Gasteiger partial charge in [-0.1, -0.05) is 6.92 Å². The molecular weight excluding hydrogens is 352 g/mol. The summed E-state index contributed by atoms with van der Waals surface area (Å²) in [5.74, 6) is 2.26. The first-order chi connectivity index (χ1) is 9.95. The quantitative estimate of drug-likeness (QED) is 0.671. The number of anilines is 1. The van der Waals surface area contributed by atoms with Gasteiger partial charge in [0.15, 0.2) is 0 Å². The number of hydrogen-bond donors (Lipinski definition) is 1. The summed E-state index contributed by atoms with van der Waals surface area (Å²) in [4.78, 5) is 14.3. The van der Waals surface area contributed by atoms with Crippen molar-refractivity contribution in [3.05, 3.63) is 21.0 Å². The van der Waals surface area contributed by atoms with Crippen LogP contribution in [0.25, 0.3) is 0 Å². The van der Waals surface area contributed by atoms with E-state index >= 15 is 0 Å². The number of nitrogens with zero attached hydrogens (tertiary/aromatic N) is 3. The van der Waals surface area contributed by atoms with Crippen molar-refractivity contribution in [1.82, 2.24) is 14.7 Å². The number of halogens is 1. The molecule has 1 aromatic heterocycles. The van der Waals surface area contributed by atoms with Gasteiger partial charge in [-0.05, 0) is 54.9 Å². The molecule has 0 saturated carbocycles. The molecule has 0 radical (unpaired) electrons. The fourth-order valence-corrected chi connectivity index (χ4v) is 2.99. The van der Waals surface area contributed by atoms with E-state index in [4.69, 9.17) is 0 Å². The average molecular weight is 377 g/mol.